The molecule has 1 aromatic rings. The number of benzene rings is 1. The van der Waals surface area contributed by atoms with Crippen molar-refractivity contribution >= 4 is 11.6 Å². The maximum absolute atomic E-state index is 5.83. The van der Waals surface area contributed by atoms with Gasteiger partial charge in [0.05, 0.1) is 19.3 Å². The van der Waals surface area contributed by atoms with Crippen LogP contribution in [0.5, 0.6) is 0 Å². The van der Waals surface area contributed by atoms with Crippen LogP contribution in [0.3, 0.4) is 0 Å². The Kier molecular flexibility index (Phi) is 6.11. The van der Waals surface area contributed by atoms with E-state index in [1.165, 1.54) is 12.8 Å². The highest BCUT2D eigenvalue weighted by atomic mass is 35.5. The summed E-state index contributed by atoms with van der Waals surface area (Å²) in [5, 5.41) is 4.21. The summed E-state index contributed by atoms with van der Waals surface area (Å²) in [6.07, 6.45) is 2.72. The van der Waals surface area contributed by atoms with E-state index in [1.807, 2.05) is 24.3 Å². The van der Waals surface area contributed by atoms with Gasteiger partial charge in [-0.15, -0.1) is 0 Å². The highest BCUT2D eigenvalue weighted by Gasteiger charge is 2.21. The molecule has 2 unspecified atom stereocenters. The van der Waals surface area contributed by atoms with Crippen molar-refractivity contribution in [3.63, 3.8) is 0 Å². The van der Waals surface area contributed by atoms with Crippen molar-refractivity contribution in [1.29, 1.82) is 0 Å². The van der Waals surface area contributed by atoms with Crippen molar-refractivity contribution < 1.29 is 9.47 Å². The van der Waals surface area contributed by atoms with Gasteiger partial charge in [-0.1, -0.05) is 23.7 Å². The topological polar surface area (TPSA) is 30.5 Å². The van der Waals surface area contributed by atoms with E-state index in [0.717, 1.165) is 23.7 Å². The van der Waals surface area contributed by atoms with Crippen LogP contribution in [0, 0.1) is 0 Å². The van der Waals surface area contributed by atoms with E-state index in [2.05, 4.69) is 12.2 Å². The third kappa shape index (κ3) is 5.11. The first kappa shape index (κ1) is 14.8. The van der Waals surface area contributed by atoms with Gasteiger partial charge < -0.3 is 14.8 Å². The molecule has 0 radical (unpaired) electrons. The first-order valence-corrected chi connectivity index (χ1v) is 7.30. The second kappa shape index (κ2) is 7.85. The van der Waals surface area contributed by atoms with E-state index >= 15 is 0 Å². The predicted molar refractivity (Wildman–Crippen MR) is 77.5 cm³/mol. The molecule has 0 bridgehead atoms. The van der Waals surface area contributed by atoms with Gasteiger partial charge >= 0.3 is 0 Å². The van der Waals surface area contributed by atoms with Crippen LogP contribution in [-0.2, 0) is 16.1 Å². The van der Waals surface area contributed by atoms with E-state index in [0.29, 0.717) is 25.4 Å². The number of hydrogen-bond acceptors (Lipinski definition) is 3. The number of rotatable bonds is 7. The maximum atomic E-state index is 5.83. The summed E-state index contributed by atoms with van der Waals surface area (Å²) in [6, 6.07) is 8.16. The molecule has 1 aliphatic heterocycles. The Labute approximate surface area is 120 Å². The monoisotopic (exact) mass is 283 g/mol. The molecule has 1 N–H and O–H groups in total. The maximum Gasteiger partial charge on any atom is 0.0726 e. The molecule has 1 aromatic carbocycles. The molecule has 1 fully saturated rings. The molecule has 19 heavy (non-hydrogen) atoms. The summed E-state index contributed by atoms with van der Waals surface area (Å²) in [5.41, 5.74) is 1.15. The van der Waals surface area contributed by atoms with Gasteiger partial charge in [0.2, 0.25) is 0 Å². The standard InChI is InChI=1S/C15H22ClNO2/c1-12(15-3-2-9-19-15)17-8-10-18-11-13-4-6-14(16)7-5-13/h4-7,12,15,17H,2-3,8-11H2,1H3. The lowest BCUT2D eigenvalue weighted by Crippen LogP contribution is -2.38. The SMILES string of the molecule is CC(NCCOCc1ccc(Cl)cc1)C1CCCO1. The summed E-state index contributed by atoms with van der Waals surface area (Å²) in [4.78, 5) is 0. The summed E-state index contributed by atoms with van der Waals surface area (Å²) < 4.78 is 11.3. The van der Waals surface area contributed by atoms with Gasteiger partial charge in [0.25, 0.3) is 0 Å². The molecule has 2 atom stereocenters. The van der Waals surface area contributed by atoms with E-state index in [9.17, 15) is 0 Å². The molecule has 0 aromatic heterocycles. The highest BCUT2D eigenvalue weighted by Crippen LogP contribution is 2.15. The Morgan fingerprint density at radius 2 is 2.21 bits per heavy atom. The molecule has 4 heteroatoms. The van der Waals surface area contributed by atoms with Gasteiger partial charge in [-0.3, -0.25) is 0 Å². The largest absolute Gasteiger partial charge is 0.377 e. The van der Waals surface area contributed by atoms with Crippen molar-refractivity contribution in [1.82, 2.24) is 5.32 Å². The molecule has 0 amide bonds. The zero-order valence-corrected chi connectivity index (χ0v) is 12.2. The Bertz CT molecular complexity index is 363. The van der Waals surface area contributed by atoms with Crippen LogP contribution in [0.1, 0.15) is 25.3 Å². The van der Waals surface area contributed by atoms with Gasteiger partial charge in [0, 0.05) is 24.2 Å². The molecule has 1 heterocycles. The highest BCUT2D eigenvalue weighted by molar-refractivity contribution is 6.30. The van der Waals surface area contributed by atoms with E-state index in [-0.39, 0.29) is 0 Å². The molecule has 106 valence electrons. The van der Waals surface area contributed by atoms with Crippen LogP contribution < -0.4 is 5.32 Å². The average Bonchev–Trinajstić information content (AvgIpc) is 2.94. The van der Waals surface area contributed by atoms with Crippen LogP contribution in [0.4, 0.5) is 0 Å². The molecule has 3 nitrogen and oxygen atoms in total. The van der Waals surface area contributed by atoms with Crippen molar-refractivity contribution in [3.8, 4) is 0 Å². The molecule has 0 saturated carbocycles. The van der Waals surface area contributed by atoms with Crippen LogP contribution in [0.15, 0.2) is 24.3 Å². The van der Waals surface area contributed by atoms with Gasteiger partial charge in [0.15, 0.2) is 0 Å². The minimum absolute atomic E-state index is 0.372. The number of nitrogens with one attached hydrogen (secondary N) is 1. The van der Waals surface area contributed by atoms with Crippen molar-refractivity contribution in [2.24, 2.45) is 0 Å². The first-order valence-electron chi connectivity index (χ1n) is 6.93. The Morgan fingerprint density at radius 3 is 2.89 bits per heavy atom. The van der Waals surface area contributed by atoms with E-state index in [4.69, 9.17) is 21.1 Å². The summed E-state index contributed by atoms with van der Waals surface area (Å²) in [5.74, 6) is 0. The molecule has 1 saturated heterocycles. The van der Waals surface area contributed by atoms with Crippen LogP contribution in [0.25, 0.3) is 0 Å². The fraction of sp³-hybridized carbons (Fsp3) is 0.600. The normalized spacial score (nSPS) is 20.6. The van der Waals surface area contributed by atoms with Crippen molar-refractivity contribution in [3.05, 3.63) is 34.9 Å². The summed E-state index contributed by atoms with van der Waals surface area (Å²) in [7, 11) is 0. The number of ether oxygens (including phenoxy) is 2. The quantitative estimate of drug-likeness (QED) is 0.781. The minimum Gasteiger partial charge on any atom is -0.377 e. The van der Waals surface area contributed by atoms with Crippen molar-refractivity contribution in [2.45, 2.75) is 38.5 Å². The van der Waals surface area contributed by atoms with Gasteiger partial charge in [-0.25, -0.2) is 0 Å². The second-order valence-electron chi connectivity index (χ2n) is 4.97. The minimum atomic E-state index is 0.372. The third-order valence-corrected chi connectivity index (χ3v) is 3.67. The predicted octanol–water partition coefficient (Wildman–Crippen LogP) is 3.01. The van der Waals surface area contributed by atoms with E-state index < -0.39 is 0 Å². The first-order chi connectivity index (χ1) is 9.25. The van der Waals surface area contributed by atoms with E-state index in [1.54, 1.807) is 0 Å². The molecule has 2 rings (SSSR count). The lowest BCUT2D eigenvalue weighted by molar-refractivity contribution is 0.0751. The second-order valence-corrected chi connectivity index (χ2v) is 5.41. The fourth-order valence-corrected chi connectivity index (χ4v) is 2.38. The lowest BCUT2D eigenvalue weighted by atomic mass is 10.1. The molecular weight excluding hydrogens is 262 g/mol. The Morgan fingerprint density at radius 1 is 1.42 bits per heavy atom. The summed E-state index contributed by atoms with van der Waals surface area (Å²) in [6.45, 7) is 5.28. The zero-order valence-electron chi connectivity index (χ0n) is 11.4. The number of hydrogen-bond donors (Lipinski definition) is 1. The average molecular weight is 284 g/mol. The van der Waals surface area contributed by atoms with Crippen LogP contribution >= 0.6 is 11.6 Å². The van der Waals surface area contributed by atoms with Gasteiger partial charge in [-0.2, -0.15) is 0 Å². The Balaban J connectivity index is 1.55. The molecular formula is C15H22ClNO2. The zero-order chi connectivity index (χ0) is 13.5. The third-order valence-electron chi connectivity index (χ3n) is 3.42. The smallest absolute Gasteiger partial charge is 0.0726 e. The molecule has 0 aliphatic carbocycles. The summed E-state index contributed by atoms with van der Waals surface area (Å²) >= 11 is 5.83. The van der Waals surface area contributed by atoms with Gasteiger partial charge in [-0.05, 0) is 37.5 Å². The molecule has 1 aliphatic rings. The van der Waals surface area contributed by atoms with Crippen LogP contribution in [-0.4, -0.2) is 31.9 Å². The Hall–Kier alpha value is -0.610. The molecule has 0 spiro atoms. The number of halogens is 1. The van der Waals surface area contributed by atoms with Gasteiger partial charge in [0.1, 0.15) is 0 Å². The fourth-order valence-electron chi connectivity index (χ4n) is 2.26. The lowest BCUT2D eigenvalue weighted by Gasteiger charge is -2.19. The van der Waals surface area contributed by atoms with Crippen molar-refractivity contribution in [2.75, 3.05) is 19.8 Å². The van der Waals surface area contributed by atoms with Crippen LogP contribution in [0.2, 0.25) is 5.02 Å².